The largest absolute Gasteiger partial charge is 0.332 e. The van der Waals surface area contributed by atoms with Gasteiger partial charge in [0.1, 0.15) is 1.37 Å². The van der Waals surface area contributed by atoms with E-state index in [1.165, 1.54) is 14.1 Å². The van der Waals surface area contributed by atoms with E-state index in [0.29, 0.717) is 4.57 Å². The van der Waals surface area contributed by atoms with Gasteiger partial charge in [-0.1, -0.05) is 0 Å². The van der Waals surface area contributed by atoms with Crippen LogP contribution in [0.1, 0.15) is 5.48 Å². The van der Waals surface area contributed by atoms with E-state index >= 15 is 0 Å². The maximum atomic E-state index is 11.9. The van der Waals surface area contributed by atoms with Gasteiger partial charge >= 0.3 is 5.69 Å². The van der Waals surface area contributed by atoms with Gasteiger partial charge in [-0.25, -0.2) is 9.78 Å². The Kier molecular flexibility index (Phi) is 0.942. The van der Waals surface area contributed by atoms with Gasteiger partial charge in [0.2, 0.25) is 0 Å². The van der Waals surface area contributed by atoms with Crippen LogP contribution in [-0.2, 0) is 21.1 Å². The highest BCUT2D eigenvalue weighted by atomic mass is 16.2. The quantitative estimate of drug-likeness (QED) is 0.544. The second-order valence-electron chi connectivity index (χ2n) is 2.93. The molecule has 6 heteroatoms. The summed E-state index contributed by atoms with van der Waals surface area (Å²) >= 11 is 0. The molecule has 0 saturated carbocycles. The Hall–Kier alpha value is -1.85. The van der Waals surface area contributed by atoms with E-state index in [9.17, 15) is 9.59 Å². The van der Waals surface area contributed by atoms with Gasteiger partial charge in [0.25, 0.3) is 5.56 Å². The van der Waals surface area contributed by atoms with Crippen LogP contribution in [0.15, 0.2) is 15.9 Å². The Balaban J connectivity index is 3.15. The molecule has 0 amide bonds. The van der Waals surface area contributed by atoms with Gasteiger partial charge in [0.15, 0.2) is 11.2 Å². The second kappa shape index (κ2) is 2.57. The first kappa shape index (κ1) is 5.14. The predicted molar refractivity (Wildman–Crippen MR) is 51.2 cm³/mol. The zero-order valence-corrected chi connectivity index (χ0v) is 7.61. The summed E-state index contributed by atoms with van der Waals surface area (Å²) < 4.78 is 31.8. The highest BCUT2D eigenvalue weighted by Crippen LogP contribution is 2.01. The molecule has 0 spiro atoms. The minimum atomic E-state index is -2.70. The molecule has 2 rings (SSSR count). The monoisotopic (exact) mass is 198 g/mol. The summed E-state index contributed by atoms with van der Waals surface area (Å²) in [6.45, 7) is -2.70. The van der Waals surface area contributed by atoms with E-state index < -0.39 is 24.5 Å². The normalized spacial score (nSPS) is 16.1. The average Bonchev–Trinajstić information content (AvgIpc) is 2.61. The summed E-state index contributed by atoms with van der Waals surface area (Å²) in [6.07, 6.45) is -0.580. The molecule has 2 aromatic heterocycles. The van der Waals surface area contributed by atoms with Crippen molar-refractivity contribution in [3.8, 4) is 0 Å². The lowest BCUT2D eigenvalue weighted by Gasteiger charge is -2.02. The predicted octanol–water partition coefficient (Wildman–Crippen LogP) is -1.03. The fraction of sp³-hybridized carbons (Fsp3) is 0.375. The number of aryl methyl sites for hydroxylation is 2. The molecule has 0 bridgehead atoms. The molecule has 0 N–H and O–H groups in total. The lowest BCUT2D eigenvalue weighted by molar-refractivity contribution is 0.705. The molecule has 0 aromatic carbocycles. The highest BCUT2D eigenvalue weighted by molar-refractivity contribution is 5.69. The van der Waals surface area contributed by atoms with Crippen LogP contribution >= 0.6 is 0 Å². The number of aromatic nitrogens is 4. The Morgan fingerprint density at radius 3 is 2.79 bits per heavy atom. The lowest BCUT2D eigenvalue weighted by Crippen LogP contribution is -2.37. The molecule has 0 aliphatic rings. The topological polar surface area (TPSA) is 61.8 Å². The van der Waals surface area contributed by atoms with Crippen LogP contribution in [-0.4, -0.2) is 18.7 Å². The minimum absolute atomic E-state index is 0.107. The van der Waals surface area contributed by atoms with Crippen molar-refractivity contribution in [3.63, 3.8) is 0 Å². The number of rotatable bonds is 0. The minimum Gasteiger partial charge on any atom is -0.328 e. The summed E-state index contributed by atoms with van der Waals surface area (Å²) in [5.41, 5.74) is -1.79. The van der Waals surface area contributed by atoms with Gasteiger partial charge in [-0.15, -0.1) is 0 Å². The van der Waals surface area contributed by atoms with Crippen LogP contribution in [0.5, 0.6) is 0 Å². The summed E-state index contributed by atoms with van der Waals surface area (Å²) in [7, 11) is 2.60. The molecule has 74 valence electrons. The molecule has 14 heavy (non-hydrogen) atoms. The fourth-order valence-electron chi connectivity index (χ4n) is 1.29. The molecular weight excluding hydrogens is 184 g/mol. The van der Waals surface area contributed by atoms with Crippen molar-refractivity contribution in [1.29, 1.82) is 0 Å². The van der Waals surface area contributed by atoms with Crippen molar-refractivity contribution < 1.29 is 5.48 Å². The van der Waals surface area contributed by atoms with Crippen molar-refractivity contribution in [3.05, 3.63) is 27.1 Å². The molecule has 2 aromatic rings. The summed E-state index contributed by atoms with van der Waals surface area (Å²) in [5.74, 6) is 0. The van der Waals surface area contributed by atoms with Crippen molar-refractivity contribution in [1.82, 2.24) is 18.7 Å². The Bertz CT molecular complexity index is 752. The molecule has 2 heterocycles. The maximum Gasteiger partial charge on any atom is 0.332 e. The number of nitrogens with zero attached hydrogens (tertiary/aromatic N) is 4. The number of imidazole rings is 1. The van der Waals surface area contributed by atoms with Gasteiger partial charge in [-0.2, -0.15) is 0 Å². The van der Waals surface area contributed by atoms with Gasteiger partial charge in [-0.05, 0) is 0 Å². The Labute approximate surface area is 84.6 Å². The SMILES string of the molecule is [2H]c1nc2c(c(=O)n(C)c(=O)n2C)n1C([2H])([2H])[2H]. The van der Waals surface area contributed by atoms with E-state index in [0.717, 1.165) is 9.13 Å². The molecule has 0 unspecified atom stereocenters. The molecule has 0 fully saturated rings. The number of hydrogen-bond donors (Lipinski definition) is 0. The van der Waals surface area contributed by atoms with Gasteiger partial charge < -0.3 is 4.57 Å². The van der Waals surface area contributed by atoms with E-state index in [1.807, 2.05) is 0 Å². The average molecular weight is 198 g/mol. The zero-order chi connectivity index (χ0) is 13.8. The Morgan fingerprint density at radius 1 is 1.43 bits per heavy atom. The summed E-state index contributed by atoms with van der Waals surface area (Å²) in [6, 6.07) is 0. The zero-order valence-electron chi connectivity index (χ0n) is 11.6. The molecule has 0 atom stereocenters. The van der Waals surface area contributed by atoms with Gasteiger partial charge in [0.05, 0.1) is 6.30 Å². The Morgan fingerprint density at radius 2 is 2.14 bits per heavy atom. The maximum absolute atomic E-state index is 11.9. The molecule has 0 radical (unpaired) electrons. The number of hydrogen-bond acceptors (Lipinski definition) is 3. The van der Waals surface area contributed by atoms with Crippen molar-refractivity contribution in [2.45, 2.75) is 0 Å². The first-order chi connectivity index (χ1) is 8.16. The molecule has 6 nitrogen and oxygen atoms in total. The third-order valence-corrected chi connectivity index (χ3v) is 2.09. The van der Waals surface area contributed by atoms with E-state index in [4.69, 9.17) is 5.48 Å². The standard InChI is InChI=1S/C8H10N4O2/c1-10-4-9-6-5(10)7(13)12(3)8(14)11(6)2/h4H,1-3H3/i1D3,4D. The molecule has 0 aliphatic heterocycles. The lowest BCUT2D eigenvalue weighted by atomic mass is 10.5. The first-order valence-corrected chi connectivity index (χ1v) is 3.82. The summed E-state index contributed by atoms with van der Waals surface area (Å²) in [5, 5.41) is 0. The van der Waals surface area contributed by atoms with Crippen LogP contribution in [0.3, 0.4) is 0 Å². The van der Waals surface area contributed by atoms with Crippen LogP contribution in [0.25, 0.3) is 11.2 Å². The van der Waals surface area contributed by atoms with Gasteiger partial charge in [-0.3, -0.25) is 13.9 Å². The van der Waals surface area contributed by atoms with Crippen LogP contribution in [0.4, 0.5) is 0 Å². The molecule has 0 aliphatic carbocycles. The third-order valence-electron chi connectivity index (χ3n) is 2.09. The number of fused-ring (bicyclic) bond motifs is 1. The van der Waals surface area contributed by atoms with Crippen molar-refractivity contribution in [2.75, 3.05) is 0 Å². The van der Waals surface area contributed by atoms with Crippen LogP contribution in [0.2, 0.25) is 0 Å². The van der Waals surface area contributed by atoms with Gasteiger partial charge in [0, 0.05) is 25.2 Å². The molecule has 0 saturated heterocycles. The summed E-state index contributed by atoms with van der Waals surface area (Å²) in [4.78, 5) is 27.2. The molecular formula is C8H10N4O2. The van der Waals surface area contributed by atoms with Crippen molar-refractivity contribution >= 4 is 11.2 Å². The van der Waals surface area contributed by atoms with Crippen LogP contribution < -0.4 is 11.2 Å². The van der Waals surface area contributed by atoms with E-state index in [2.05, 4.69) is 4.98 Å². The van der Waals surface area contributed by atoms with E-state index in [-0.39, 0.29) is 11.2 Å². The van der Waals surface area contributed by atoms with Crippen LogP contribution in [0, 0.1) is 0 Å². The fourth-order valence-corrected chi connectivity index (χ4v) is 1.29. The smallest absolute Gasteiger partial charge is 0.328 e. The van der Waals surface area contributed by atoms with E-state index in [1.54, 1.807) is 0 Å². The second-order valence-corrected chi connectivity index (χ2v) is 2.93. The first-order valence-electron chi connectivity index (χ1n) is 5.82. The third kappa shape index (κ3) is 0.876. The van der Waals surface area contributed by atoms with Crippen molar-refractivity contribution in [2.24, 2.45) is 21.1 Å². The highest BCUT2D eigenvalue weighted by Gasteiger charge is 2.11.